The molecule has 0 amide bonds. The van der Waals surface area contributed by atoms with E-state index in [-0.39, 0.29) is 0 Å². The van der Waals surface area contributed by atoms with Crippen LogP contribution in [0.2, 0.25) is 0 Å². The summed E-state index contributed by atoms with van der Waals surface area (Å²) in [5.41, 5.74) is 0. The molecule has 0 unspecified atom stereocenters. The first-order valence-corrected chi connectivity index (χ1v) is 7.49. The van der Waals surface area contributed by atoms with Crippen LogP contribution in [-0.4, -0.2) is 57.3 Å². The van der Waals surface area contributed by atoms with Crippen molar-refractivity contribution >= 4 is 0 Å². The molecule has 0 aliphatic carbocycles. The van der Waals surface area contributed by atoms with Crippen LogP contribution in [0.25, 0.3) is 0 Å². The van der Waals surface area contributed by atoms with Crippen LogP contribution in [0.15, 0.2) is 0 Å². The molecule has 1 aromatic rings. The van der Waals surface area contributed by atoms with Gasteiger partial charge in [-0.1, -0.05) is 0 Å². The zero-order chi connectivity index (χ0) is 13.4. The van der Waals surface area contributed by atoms with E-state index in [0.717, 1.165) is 25.5 Å². The fourth-order valence-electron chi connectivity index (χ4n) is 3.21. The summed E-state index contributed by atoms with van der Waals surface area (Å²) in [6, 6.07) is 0.595. The van der Waals surface area contributed by atoms with Gasteiger partial charge in [-0.25, -0.2) is 0 Å². The Morgan fingerprint density at radius 2 is 1.79 bits per heavy atom. The minimum atomic E-state index is 0.595. The number of aromatic nitrogens is 3. The lowest BCUT2D eigenvalue weighted by molar-refractivity contribution is 0.169. The van der Waals surface area contributed by atoms with Crippen LogP contribution < -0.4 is 0 Å². The lowest BCUT2D eigenvalue weighted by Crippen LogP contribution is -2.39. The maximum absolute atomic E-state index is 4.51. The summed E-state index contributed by atoms with van der Waals surface area (Å²) in [5, 5.41) is 8.95. The largest absolute Gasteiger partial charge is 0.312 e. The number of rotatable bonds is 2. The highest BCUT2D eigenvalue weighted by atomic mass is 15.3. The Bertz CT molecular complexity index is 431. The van der Waals surface area contributed by atoms with Crippen molar-refractivity contribution in [1.82, 2.24) is 24.6 Å². The first-order chi connectivity index (χ1) is 9.15. The lowest BCUT2D eigenvalue weighted by Gasteiger charge is -2.33. The van der Waals surface area contributed by atoms with Gasteiger partial charge in [-0.3, -0.25) is 4.90 Å². The first-order valence-electron chi connectivity index (χ1n) is 7.49. The second kappa shape index (κ2) is 5.21. The van der Waals surface area contributed by atoms with Gasteiger partial charge in [0.05, 0.1) is 6.54 Å². The van der Waals surface area contributed by atoms with Gasteiger partial charge in [-0.15, -0.1) is 10.2 Å². The van der Waals surface area contributed by atoms with Gasteiger partial charge in [0.25, 0.3) is 0 Å². The van der Waals surface area contributed by atoms with Gasteiger partial charge in [0.15, 0.2) is 0 Å². The minimum absolute atomic E-state index is 0.595. The van der Waals surface area contributed by atoms with E-state index in [1.807, 2.05) is 0 Å². The molecule has 19 heavy (non-hydrogen) atoms. The summed E-state index contributed by atoms with van der Waals surface area (Å²) >= 11 is 0. The SMILES string of the molecule is CC(C)N1CCn2c(nnc2C2CCN(C)CC2)C1. The topological polar surface area (TPSA) is 37.2 Å². The second-order valence-corrected chi connectivity index (χ2v) is 6.27. The van der Waals surface area contributed by atoms with Gasteiger partial charge in [0.2, 0.25) is 0 Å². The van der Waals surface area contributed by atoms with Crippen LogP contribution in [0.5, 0.6) is 0 Å². The van der Waals surface area contributed by atoms with Crippen molar-refractivity contribution in [3.8, 4) is 0 Å². The van der Waals surface area contributed by atoms with Gasteiger partial charge in [-0.05, 0) is 46.8 Å². The maximum Gasteiger partial charge on any atom is 0.147 e. The quantitative estimate of drug-likeness (QED) is 0.806. The number of fused-ring (bicyclic) bond motifs is 1. The molecule has 0 N–H and O–H groups in total. The molecule has 0 saturated carbocycles. The van der Waals surface area contributed by atoms with E-state index in [1.165, 1.54) is 31.8 Å². The number of hydrogen-bond donors (Lipinski definition) is 0. The zero-order valence-corrected chi connectivity index (χ0v) is 12.3. The van der Waals surface area contributed by atoms with E-state index in [2.05, 4.69) is 45.5 Å². The summed E-state index contributed by atoms with van der Waals surface area (Å²) in [4.78, 5) is 4.88. The van der Waals surface area contributed by atoms with Crippen LogP contribution in [0, 0.1) is 0 Å². The molecule has 106 valence electrons. The highest BCUT2D eigenvalue weighted by molar-refractivity contribution is 5.06. The van der Waals surface area contributed by atoms with Gasteiger partial charge in [0, 0.05) is 25.0 Å². The van der Waals surface area contributed by atoms with Gasteiger partial charge >= 0.3 is 0 Å². The molecule has 2 aliphatic heterocycles. The third-order valence-corrected chi connectivity index (χ3v) is 4.63. The fourth-order valence-corrected chi connectivity index (χ4v) is 3.21. The molecule has 1 aromatic heterocycles. The predicted octanol–water partition coefficient (Wildman–Crippen LogP) is 1.31. The molecule has 0 atom stereocenters. The van der Waals surface area contributed by atoms with Crippen LogP contribution in [0.1, 0.15) is 44.3 Å². The molecular weight excluding hydrogens is 238 g/mol. The Balaban J connectivity index is 1.75. The fraction of sp³-hybridized carbons (Fsp3) is 0.857. The molecule has 5 nitrogen and oxygen atoms in total. The Kier molecular flexibility index (Phi) is 3.58. The third-order valence-electron chi connectivity index (χ3n) is 4.63. The van der Waals surface area contributed by atoms with E-state index in [0.29, 0.717) is 12.0 Å². The Morgan fingerprint density at radius 1 is 1.05 bits per heavy atom. The molecule has 3 heterocycles. The Labute approximate surface area is 115 Å². The normalized spacial score (nSPS) is 22.9. The van der Waals surface area contributed by atoms with E-state index >= 15 is 0 Å². The molecule has 3 rings (SSSR count). The lowest BCUT2D eigenvalue weighted by atomic mass is 9.96. The van der Waals surface area contributed by atoms with Crippen LogP contribution in [-0.2, 0) is 13.1 Å². The smallest absolute Gasteiger partial charge is 0.147 e. The molecular formula is C14H25N5. The Hall–Kier alpha value is -0.940. The Morgan fingerprint density at radius 3 is 2.47 bits per heavy atom. The van der Waals surface area contributed by atoms with Crippen molar-refractivity contribution in [2.45, 2.75) is 51.7 Å². The first kappa shape index (κ1) is 13.1. The molecule has 0 radical (unpaired) electrons. The van der Waals surface area contributed by atoms with Crippen LogP contribution in [0.3, 0.4) is 0 Å². The summed E-state index contributed by atoms with van der Waals surface area (Å²) in [6.07, 6.45) is 2.45. The van der Waals surface area contributed by atoms with E-state index in [9.17, 15) is 0 Å². The number of nitrogens with zero attached hydrogens (tertiary/aromatic N) is 5. The van der Waals surface area contributed by atoms with E-state index < -0.39 is 0 Å². The van der Waals surface area contributed by atoms with Crippen molar-refractivity contribution in [3.05, 3.63) is 11.6 Å². The maximum atomic E-state index is 4.51. The van der Waals surface area contributed by atoms with Crippen molar-refractivity contribution in [1.29, 1.82) is 0 Å². The zero-order valence-electron chi connectivity index (χ0n) is 12.3. The minimum Gasteiger partial charge on any atom is -0.312 e. The van der Waals surface area contributed by atoms with Crippen molar-refractivity contribution in [2.24, 2.45) is 0 Å². The molecule has 0 bridgehead atoms. The highest BCUT2D eigenvalue weighted by Crippen LogP contribution is 2.28. The molecule has 0 aromatic carbocycles. The van der Waals surface area contributed by atoms with E-state index in [4.69, 9.17) is 0 Å². The molecule has 0 spiro atoms. The molecule has 2 aliphatic rings. The summed E-state index contributed by atoms with van der Waals surface area (Å²) in [5.74, 6) is 3.02. The van der Waals surface area contributed by atoms with Crippen molar-refractivity contribution in [3.63, 3.8) is 0 Å². The van der Waals surface area contributed by atoms with Gasteiger partial charge < -0.3 is 9.47 Å². The van der Waals surface area contributed by atoms with Crippen molar-refractivity contribution < 1.29 is 0 Å². The van der Waals surface area contributed by atoms with Crippen LogP contribution >= 0.6 is 0 Å². The monoisotopic (exact) mass is 263 g/mol. The van der Waals surface area contributed by atoms with Gasteiger partial charge in [-0.2, -0.15) is 0 Å². The number of piperidine rings is 1. The number of likely N-dealkylation sites (tertiary alicyclic amines) is 1. The van der Waals surface area contributed by atoms with Crippen molar-refractivity contribution in [2.75, 3.05) is 26.7 Å². The standard InChI is InChI=1S/C14H25N5/c1-11(2)18-8-9-19-13(10-18)15-16-14(19)12-4-6-17(3)7-5-12/h11-12H,4-10H2,1-3H3. The average Bonchev–Trinajstić information content (AvgIpc) is 2.82. The second-order valence-electron chi connectivity index (χ2n) is 6.27. The van der Waals surface area contributed by atoms with E-state index in [1.54, 1.807) is 0 Å². The summed E-state index contributed by atoms with van der Waals surface area (Å²) in [7, 11) is 2.20. The molecule has 1 fully saturated rings. The summed E-state index contributed by atoms with van der Waals surface area (Å²) in [6.45, 7) is 10.0. The third kappa shape index (κ3) is 2.54. The van der Waals surface area contributed by atoms with Crippen LogP contribution in [0.4, 0.5) is 0 Å². The highest BCUT2D eigenvalue weighted by Gasteiger charge is 2.28. The molecule has 1 saturated heterocycles. The predicted molar refractivity (Wildman–Crippen MR) is 75.0 cm³/mol. The van der Waals surface area contributed by atoms with Gasteiger partial charge in [0.1, 0.15) is 11.6 Å². The average molecular weight is 263 g/mol. The number of hydrogen-bond acceptors (Lipinski definition) is 4. The molecule has 5 heteroatoms. The summed E-state index contributed by atoms with van der Waals surface area (Å²) < 4.78 is 2.38.